The summed E-state index contributed by atoms with van der Waals surface area (Å²) >= 11 is 0. The van der Waals surface area contributed by atoms with Gasteiger partial charge < -0.3 is 9.42 Å². The monoisotopic (exact) mass is 167 g/mol. The Bertz CT molecular complexity index is 288. The highest BCUT2D eigenvalue weighted by atomic mass is 16.5. The van der Waals surface area contributed by atoms with Crippen molar-refractivity contribution in [3.63, 3.8) is 0 Å². The van der Waals surface area contributed by atoms with Crippen molar-refractivity contribution in [2.45, 2.75) is 13.8 Å². The molecule has 1 rings (SSSR count). The molecular formula is C8H13N3O. The Labute approximate surface area is 71.9 Å². The van der Waals surface area contributed by atoms with Crippen molar-refractivity contribution in [1.29, 1.82) is 0 Å². The molecular weight excluding hydrogens is 154 g/mol. The number of hydrogen-bond acceptors (Lipinski definition) is 3. The Morgan fingerprint density at radius 3 is 2.50 bits per heavy atom. The molecule has 0 radical (unpaired) electrons. The summed E-state index contributed by atoms with van der Waals surface area (Å²) in [5.41, 5.74) is 0.994. The highest BCUT2D eigenvalue weighted by Crippen LogP contribution is 2.18. The van der Waals surface area contributed by atoms with E-state index in [1.807, 2.05) is 32.8 Å². The Balaban J connectivity index is 2.83. The first kappa shape index (κ1) is 8.77. The Morgan fingerprint density at radius 2 is 2.08 bits per heavy atom. The second kappa shape index (κ2) is 3.38. The third-order valence-corrected chi connectivity index (χ3v) is 1.54. The lowest BCUT2D eigenvalue weighted by Crippen LogP contribution is -2.07. The van der Waals surface area contributed by atoms with Gasteiger partial charge in [-0.1, -0.05) is 5.16 Å². The van der Waals surface area contributed by atoms with E-state index in [0.29, 0.717) is 5.82 Å². The molecule has 1 aromatic heterocycles. The fourth-order valence-electron chi connectivity index (χ4n) is 0.697. The zero-order valence-electron chi connectivity index (χ0n) is 7.83. The number of aryl methyl sites for hydroxylation is 1. The van der Waals surface area contributed by atoms with E-state index in [9.17, 15) is 0 Å². The van der Waals surface area contributed by atoms with E-state index in [2.05, 4.69) is 10.1 Å². The van der Waals surface area contributed by atoms with Crippen LogP contribution in [0.2, 0.25) is 0 Å². The van der Waals surface area contributed by atoms with Crippen LogP contribution in [-0.2, 0) is 0 Å². The lowest BCUT2D eigenvalue weighted by Gasteiger charge is -2.00. The fraction of sp³-hybridized carbons (Fsp3) is 0.500. The maximum atomic E-state index is 4.95. The molecule has 12 heavy (non-hydrogen) atoms. The molecule has 0 aliphatic rings. The SMILES string of the molecule is Cc1onc(N=CN(C)C)c1C. The average molecular weight is 167 g/mol. The van der Waals surface area contributed by atoms with Crippen LogP contribution in [0.4, 0.5) is 5.82 Å². The second-order valence-electron chi connectivity index (χ2n) is 2.90. The molecule has 0 saturated carbocycles. The van der Waals surface area contributed by atoms with Gasteiger partial charge in [0.15, 0.2) is 5.82 Å². The Hall–Kier alpha value is -1.32. The van der Waals surface area contributed by atoms with Crippen molar-refractivity contribution >= 4 is 12.2 Å². The smallest absolute Gasteiger partial charge is 0.199 e. The number of hydrogen-bond donors (Lipinski definition) is 0. The van der Waals surface area contributed by atoms with Crippen LogP contribution in [0.1, 0.15) is 11.3 Å². The van der Waals surface area contributed by atoms with Crippen molar-refractivity contribution in [1.82, 2.24) is 10.1 Å². The van der Waals surface area contributed by atoms with E-state index < -0.39 is 0 Å². The molecule has 0 N–H and O–H groups in total. The van der Waals surface area contributed by atoms with Gasteiger partial charge in [-0.3, -0.25) is 0 Å². The predicted octanol–water partition coefficient (Wildman–Crippen LogP) is 1.51. The average Bonchev–Trinajstić information content (AvgIpc) is 2.30. The summed E-state index contributed by atoms with van der Waals surface area (Å²) in [4.78, 5) is 5.97. The van der Waals surface area contributed by atoms with Crippen molar-refractivity contribution in [2.24, 2.45) is 4.99 Å². The van der Waals surface area contributed by atoms with Crippen LogP contribution in [0.3, 0.4) is 0 Å². The molecule has 0 aliphatic carbocycles. The third-order valence-electron chi connectivity index (χ3n) is 1.54. The summed E-state index contributed by atoms with van der Waals surface area (Å²) < 4.78 is 4.95. The molecule has 1 aromatic rings. The van der Waals surface area contributed by atoms with Crippen molar-refractivity contribution < 1.29 is 4.52 Å². The van der Waals surface area contributed by atoms with E-state index in [4.69, 9.17) is 4.52 Å². The summed E-state index contributed by atoms with van der Waals surface area (Å²) in [5.74, 6) is 1.47. The molecule has 0 bridgehead atoms. The van der Waals surface area contributed by atoms with Crippen molar-refractivity contribution in [3.8, 4) is 0 Å². The van der Waals surface area contributed by atoms with E-state index in [0.717, 1.165) is 11.3 Å². The van der Waals surface area contributed by atoms with E-state index in [1.165, 1.54) is 0 Å². The van der Waals surface area contributed by atoms with E-state index in [1.54, 1.807) is 6.34 Å². The van der Waals surface area contributed by atoms with Crippen LogP contribution in [0.15, 0.2) is 9.52 Å². The summed E-state index contributed by atoms with van der Waals surface area (Å²) in [6.45, 7) is 3.81. The van der Waals surface area contributed by atoms with Crippen LogP contribution in [0, 0.1) is 13.8 Å². The third kappa shape index (κ3) is 1.84. The van der Waals surface area contributed by atoms with Gasteiger partial charge in [-0.2, -0.15) is 0 Å². The van der Waals surface area contributed by atoms with Crippen LogP contribution >= 0.6 is 0 Å². The van der Waals surface area contributed by atoms with E-state index in [-0.39, 0.29) is 0 Å². The Morgan fingerprint density at radius 1 is 1.42 bits per heavy atom. The maximum absolute atomic E-state index is 4.95. The van der Waals surface area contributed by atoms with Crippen molar-refractivity contribution in [3.05, 3.63) is 11.3 Å². The zero-order chi connectivity index (χ0) is 9.14. The topological polar surface area (TPSA) is 41.6 Å². The fourth-order valence-corrected chi connectivity index (χ4v) is 0.697. The first-order valence-corrected chi connectivity index (χ1v) is 3.74. The van der Waals surface area contributed by atoms with Crippen LogP contribution < -0.4 is 0 Å². The molecule has 0 saturated heterocycles. The summed E-state index contributed by atoms with van der Waals surface area (Å²) in [5, 5.41) is 3.79. The molecule has 1 heterocycles. The maximum Gasteiger partial charge on any atom is 0.199 e. The lowest BCUT2D eigenvalue weighted by molar-refractivity contribution is 0.398. The normalized spacial score (nSPS) is 11.0. The van der Waals surface area contributed by atoms with Gasteiger partial charge in [-0.05, 0) is 13.8 Å². The number of aliphatic imine (C=N–C) groups is 1. The molecule has 0 aromatic carbocycles. The lowest BCUT2D eigenvalue weighted by atomic mass is 10.3. The molecule has 0 unspecified atom stereocenters. The summed E-state index contributed by atoms with van der Waals surface area (Å²) in [6, 6.07) is 0. The van der Waals surface area contributed by atoms with Gasteiger partial charge in [-0.15, -0.1) is 0 Å². The molecule has 0 aliphatic heterocycles. The Kier molecular flexibility index (Phi) is 2.47. The first-order chi connectivity index (χ1) is 5.61. The quantitative estimate of drug-likeness (QED) is 0.495. The predicted molar refractivity (Wildman–Crippen MR) is 47.8 cm³/mol. The molecule has 4 heteroatoms. The van der Waals surface area contributed by atoms with Gasteiger partial charge in [0.05, 0.1) is 6.34 Å². The molecule has 0 amide bonds. The highest BCUT2D eigenvalue weighted by Gasteiger charge is 2.04. The zero-order valence-corrected chi connectivity index (χ0v) is 7.83. The molecule has 0 spiro atoms. The van der Waals surface area contributed by atoms with Gasteiger partial charge in [0.25, 0.3) is 0 Å². The van der Waals surface area contributed by atoms with Crippen LogP contribution in [0.5, 0.6) is 0 Å². The van der Waals surface area contributed by atoms with Gasteiger partial charge >= 0.3 is 0 Å². The summed E-state index contributed by atoms with van der Waals surface area (Å²) in [6.07, 6.45) is 1.70. The largest absolute Gasteiger partial charge is 0.369 e. The van der Waals surface area contributed by atoms with Gasteiger partial charge in [0.1, 0.15) is 5.76 Å². The summed E-state index contributed by atoms with van der Waals surface area (Å²) in [7, 11) is 3.82. The number of aromatic nitrogens is 1. The van der Waals surface area contributed by atoms with E-state index >= 15 is 0 Å². The number of nitrogens with zero attached hydrogens (tertiary/aromatic N) is 3. The first-order valence-electron chi connectivity index (χ1n) is 3.74. The highest BCUT2D eigenvalue weighted by molar-refractivity contribution is 5.60. The van der Waals surface area contributed by atoms with Gasteiger partial charge in [0, 0.05) is 19.7 Å². The van der Waals surface area contributed by atoms with Crippen LogP contribution in [-0.4, -0.2) is 30.5 Å². The number of rotatable bonds is 2. The molecule has 0 fully saturated rings. The second-order valence-corrected chi connectivity index (χ2v) is 2.90. The minimum absolute atomic E-state index is 0.654. The standard InChI is InChI=1S/C8H13N3O/c1-6-7(2)12-10-8(6)9-5-11(3)4/h5H,1-4H3. The minimum atomic E-state index is 0.654. The van der Waals surface area contributed by atoms with Gasteiger partial charge in [0.2, 0.25) is 0 Å². The molecule has 0 atom stereocenters. The molecule has 4 nitrogen and oxygen atoms in total. The van der Waals surface area contributed by atoms with Crippen LogP contribution in [0.25, 0.3) is 0 Å². The minimum Gasteiger partial charge on any atom is -0.369 e. The van der Waals surface area contributed by atoms with Gasteiger partial charge in [-0.25, -0.2) is 4.99 Å². The molecule has 66 valence electrons. The van der Waals surface area contributed by atoms with Crippen molar-refractivity contribution in [2.75, 3.05) is 14.1 Å².